The lowest BCUT2D eigenvalue weighted by atomic mass is 9.86. The first-order valence-corrected chi connectivity index (χ1v) is 16.3. The van der Waals surface area contributed by atoms with Gasteiger partial charge in [-0.3, -0.25) is 0 Å². The van der Waals surface area contributed by atoms with Crippen molar-refractivity contribution in [3.63, 3.8) is 0 Å². The molecule has 5 aromatic rings. The number of nitrogens with one attached hydrogen (secondary N) is 1. The highest BCUT2D eigenvalue weighted by Gasteiger charge is 2.29. The minimum Gasteiger partial charge on any atom is -0.460 e. The smallest absolute Gasteiger partial charge is 0.136 e. The van der Waals surface area contributed by atoms with E-state index in [4.69, 9.17) is 9.40 Å². The quantitative estimate of drug-likeness (QED) is 0.161. The van der Waals surface area contributed by atoms with Crippen molar-refractivity contribution in [1.82, 2.24) is 9.55 Å². The number of rotatable bonds is 12. The molecule has 1 unspecified atom stereocenters. The zero-order valence-corrected chi connectivity index (χ0v) is 27.4. The van der Waals surface area contributed by atoms with E-state index in [1.165, 1.54) is 33.5 Å². The van der Waals surface area contributed by atoms with E-state index in [0.717, 1.165) is 65.9 Å². The van der Waals surface area contributed by atoms with Crippen molar-refractivity contribution in [3.05, 3.63) is 106 Å². The molecule has 0 spiro atoms. The van der Waals surface area contributed by atoms with Crippen LogP contribution in [0.4, 0.5) is 5.69 Å². The average Bonchev–Trinajstić information content (AvgIpc) is 3.56. The van der Waals surface area contributed by atoms with E-state index in [1.54, 1.807) is 0 Å². The third-order valence-corrected chi connectivity index (χ3v) is 8.69. The number of imidazole rings is 1. The summed E-state index contributed by atoms with van der Waals surface area (Å²) in [6, 6.07) is 21.9. The summed E-state index contributed by atoms with van der Waals surface area (Å²) in [6.07, 6.45) is 7.28. The van der Waals surface area contributed by atoms with E-state index >= 15 is 0 Å². The van der Waals surface area contributed by atoms with Gasteiger partial charge in [-0.15, -0.1) is 0 Å². The van der Waals surface area contributed by atoms with Crippen LogP contribution in [0, 0.1) is 0 Å². The molecule has 1 atom stereocenters. The van der Waals surface area contributed by atoms with E-state index in [0.29, 0.717) is 11.8 Å². The van der Waals surface area contributed by atoms with Crippen LogP contribution < -0.4 is 5.32 Å². The predicted molar refractivity (Wildman–Crippen MR) is 182 cm³/mol. The number of aryl methyl sites for hydroxylation is 4. The Hall–Kier alpha value is -3.79. The highest BCUT2D eigenvalue weighted by atomic mass is 16.3. The van der Waals surface area contributed by atoms with Crippen molar-refractivity contribution in [2.75, 3.05) is 5.32 Å². The van der Waals surface area contributed by atoms with Gasteiger partial charge >= 0.3 is 0 Å². The lowest BCUT2D eigenvalue weighted by Crippen LogP contribution is -2.22. The topological polar surface area (TPSA) is 43.0 Å². The largest absolute Gasteiger partial charge is 0.460 e. The molecule has 43 heavy (non-hydrogen) atoms. The van der Waals surface area contributed by atoms with Gasteiger partial charge in [-0.05, 0) is 58.6 Å². The number of hydrogen-bond donors (Lipinski definition) is 1. The SMILES string of the molecule is CCCc1cccc(C(C)C)c1NC(c1c(CCC)cccc1C(C)C)c1nc(-c2c(CC)oc3ccccc23)cn1C. The summed E-state index contributed by atoms with van der Waals surface area (Å²) in [7, 11) is 2.15. The molecule has 0 amide bonds. The molecule has 5 rings (SSSR count). The fourth-order valence-electron chi connectivity index (χ4n) is 6.64. The molecular weight excluding hydrogens is 526 g/mol. The third-order valence-electron chi connectivity index (χ3n) is 8.69. The lowest BCUT2D eigenvalue weighted by Gasteiger charge is -2.29. The van der Waals surface area contributed by atoms with Crippen LogP contribution in [0.2, 0.25) is 0 Å². The number of fused-ring (bicyclic) bond motifs is 1. The van der Waals surface area contributed by atoms with Crippen molar-refractivity contribution in [3.8, 4) is 11.3 Å². The number of para-hydroxylation sites is 2. The van der Waals surface area contributed by atoms with Crippen LogP contribution in [0.3, 0.4) is 0 Å². The van der Waals surface area contributed by atoms with Gasteiger partial charge in [0.2, 0.25) is 0 Å². The molecule has 1 N–H and O–H groups in total. The molecule has 0 bridgehead atoms. The molecule has 0 saturated heterocycles. The third kappa shape index (κ3) is 6.02. The molecule has 0 saturated carbocycles. The molecule has 0 aliphatic heterocycles. The summed E-state index contributed by atoms with van der Waals surface area (Å²) in [5.74, 6) is 2.79. The van der Waals surface area contributed by atoms with E-state index in [9.17, 15) is 0 Å². The van der Waals surface area contributed by atoms with Crippen LogP contribution in [0.5, 0.6) is 0 Å². The summed E-state index contributed by atoms with van der Waals surface area (Å²) in [4.78, 5) is 5.48. The van der Waals surface area contributed by atoms with Crippen LogP contribution in [-0.4, -0.2) is 9.55 Å². The fourth-order valence-corrected chi connectivity index (χ4v) is 6.64. The molecule has 4 heteroatoms. The summed E-state index contributed by atoms with van der Waals surface area (Å²) in [5, 5.41) is 5.29. The lowest BCUT2D eigenvalue weighted by molar-refractivity contribution is 0.558. The standard InChI is InChI=1S/C39H49N3O/c1-9-16-27-18-14-21-29(25(4)5)35(27)38(41-37-28(17-10-2)19-15-22-30(37)26(6)7)39-40-32(24-42(39)8)36-31-20-12-13-23-34(31)43-33(36)11-3/h12-15,18-26,38,41H,9-11,16-17H2,1-8H3. The van der Waals surface area contributed by atoms with Crippen LogP contribution in [0.25, 0.3) is 22.2 Å². The second kappa shape index (κ2) is 13.2. The van der Waals surface area contributed by atoms with E-state index in [1.807, 2.05) is 6.07 Å². The van der Waals surface area contributed by atoms with E-state index < -0.39 is 0 Å². The highest BCUT2D eigenvalue weighted by molar-refractivity contribution is 5.94. The highest BCUT2D eigenvalue weighted by Crippen LogP contribution is 2.41. The Morgan fingerprint density at radius 3 is 2.12 bits per heavy atom. The van der Waals surface area contributed by atoms with Gasteiger partial charge < -0.3 is 14.3 Å². The maximum absolute atomic E-state index is 6.31. The normalized spacial score (nSPS) is 12.5. The van der Waals surface area contributed by atoms with Gasteiger partial charge in [0.1, 0.15) is 23.2 Å². The second-order valence-electron chi connectivity index (χ2n) is 12.5. The Balaban J connectivity index is 1.78. The van der Waals surface area contributed by atoms with Gasteiger partial charge in [-0.2, -0.15) is 0 Å². The number of nitrogens with zero attached hydrogens (tertiary/aromatic N) is 2. The first-order chi connectivity index (χ1) is 20.8. The van der Waals surface area contributed by atoms with Crippen molar-refractivity contribution in [2.24, 2.45) is 7.05 Å². The number of benzene rings is 3. The van der Waals surface area contributed by atoms with Crippen LogP contribution in [-0.2, 0) is 26.3 Å². The van der Waals surface area contributed by atoms with Crippen LogP contribution in [0.15, 0.2) is 71.3 Å². The molecule has 2 aromatic heterocycles. The Morgan fingerprint density at radius 1 is 0.791 bits per heavy atom. The molecule has 4 nitrogen and oxygen atoms in total. The maximum Gasteiger partial charge on any atom is 0.136 e. The second-order valence-corrected chi connectivity index (χ2v) is 12.5. The monoisotopic (exact) mass is 575 g/mol. The fraction of sp³-hybridized carbons (Fsp3) is 0.410. The van der Waals surface area contributed by atoms with Gasteiger partial charge in [0.25, 0.3) is 0 Å². The molecule has 0 aliphatic carbocycles. The predicted octanol–water partition coefficient (Wildman–Crippen LogP) is 10.7. The number of hydrogen-bond acceptors (Lipinski definition) is 3. The van der Waals surface area contributed by atoms with Crippen molar-refractivity contribution in [1.29, 1.82) is 0 Å². The van der Waals surface area contributed by atoms with Crippen molar-refractivity contribution in [2.45, 2.75) is 98.4 Å². The molecule has 226 valence electrons. The summed E-state index contributed by atoms with van der Waals surface area (Å²) in [5.41, 5.74) is 11.1. The molecule has 2 heterocycles. The zero-order valence-electron chi connectivity index (χ0n) is 27.4. The van der Waals surface area contributed by atoms with E-state index in [-0.39, 0.29) is 6.04 Å². The first-order valence-electron chi connectivity index (χ1n) is 16.3. The molecule has 0 aliphatic rings. The van der Waals surface area contributed by atoms with Crippen molar-refractivity contribution >= 4 is 16.7 Å². The van der Waals surface area contributed by atoms with Gasteiger partial charge in [-0.25, -0.2) is 4.98 Å². The Kier molecular flexibility index (Phi) is 9.44. The summed E-state index contributed by atoms with van der Waals surface area (Å²) < 4.78 is 8.55. The van der Waals surface area contributed by atoms with Gasteiger partial charge in [0.15, 0.2) is 0 Å². The van der Waals surface area contributed by atoms with Gasteiger partial charge in [0.05, 0.1) is 11.3 Å². The Bertz CT molecular complexity index is 1690. The number of aromatic nitrogens is 2. The summed E-state index contributed by atoms with van der Waals surface area (Å²) >= 11 is 0. The minimum atomic E-state index is -0.113. The van der Waals surface area contributed by atoms with Crippen molar-refractivity contribution < 1.29 is 4.42 Å². The average molecular weight is 576 g/mol. The molecule has 0 fully saturated rings. The first kappa shape index (κ1) is 30.7. The maximum atomic E-state index is 6.31. The number of furan rings is 1. The molecular formula is C39H49N3O. The number of anilines is 1. The zero-order chi connectivity index (χ0) is 30.7. The van der Waals surface area contributed by atoms with Crippen LogP contribution in [0.1, 0.15) is 119 Å². The molecule has 0 radical (unpaired) electrons. The van der Waals surface area contributed by atoms with Gasteiger partial charge in [0, 0.05) is 30.7 Å². The minimum absolute atomic E-state index is 0.113. The van der Waals surface area contributed by atoms with Crippen LogP contribution >= 0.6 is 0 Å². The molecule has 3 aromatic carbocycles. The van der Waals surface area contributed by atoms with E-state index in [2.05, 4.69) is 126 Å². The Morgan fingerprint density at radius 2 is 1.44 bits per heavy atom. The summed E-state index contributed by atoms with van der Waals surface area (Å²) in [6.45, 7) is 15.9. The van der Waals surface area contributed by atoms with Gasteiger partial charge in [-0.1, -0.05) is 116 Å². The Labute approximate surface area is 258 Å².